The SMILES string of the molecule is C=C(Nc1ccc(Cc2ccnc3cc(C)c(CC)cc23)cc1)C1(c2ccc(C)cc2)CC1.C=CN. The Kier molecular flexibility index (Phi) is 7.59. The van der Waals surface area contributed by atoms with Gasteiger partial charge in [-0.1, -0.05) is 62.0 Å². The van der Waals surface area contributed by atoms with Crippen LogP contribution in [0.4, 0.5) is 5.69 Å². The molecule has 1 aliphatic rings. The van der Waals surface area contributed by atoms with E-state index in [0.717, 1.165) is 42.6 Å². The first-order valence-corrected chi connectivity index (χ1v) is 12.7. The van der Waals surface area contributed by atoms with Crippen LogP contribution in [0.25, 0.3) is 10.9 Å². The van der Waals surface area contributed by atoms with Crippen LogP contribution in [0.1, 0.15) is 53.1 Å². The summed E-state index contributed by atoms with van der Waals surface area (Å²) in [7, 11) is 0. The van der Waals surface area contributed by atoms with Crippen molar-refractivity contribution < 1.29 is 0 Å². The van der Waals surface area contributed by atoms with Gasteiger partial charge in [-0.15, -0.1) is 0 Å². The molecule has 1 saturated carbocycles. The zero-order valence-corrected chi connectivity index (χ0v) is 21.8. The Bertz CT molecular complexity index is 1360. The highest BCUT2D eigenvalue weighted by Crippen LogP contribution is 2.53. The molecule has 0 atom stereocenters. The van der Waals surface area contributed by atoms with Crippen molar-refractivity contribution >= 4 is 16.6 Å². The molecule has 0 unspecified atom stereocenters. The van der Waals surface area contributed by atoms with Crippen LogP contribution in [0.2, 0.25) is 0 Å². The Morgan fingerprint density at radius 2 is 1.67 bits per heavy atom. The van der Waals surface area contributed by atoms with Gasteiger partial charge in [0.1, 0.15) is 0 Å². The lowest BCUT2D eigenvalue weighted by molar-refractivity contribution is 0.830. The van der Waals surface area contributed by atoms with E-state index in [1.165, 1.54) is 45.0 Å². The van der Waals surface area contributed by atoms with E-state index < -0.39 is 0 Å². The van der Waals surface area contributed by atoms with E-state index in [-0.39, 0.29) is 5.41 Å². The van der Waals surface area contributed by atoms with Crippen molar-refractivity contribution in [2.75, 3.05) is 5.32 Å². The minimum absolute atomic E-state index is 0.0808. The van der Waals surface area contributed by atoms with E-state index in [9.17, 15) is 0 Å². The summed E-state index contributed by atoms with van der Waals surface area (Å²) in [5.74, 6) is 0. The van der Waals surface area contributed by atoms with Crippen LogP contribution in [0.5, 0.6) is 0 Å². The summed E-state index contributed by atoms with van der Waals surface area (Å²) in [6, 6.07) is 24.4. The lowest BCUT2D eigenvalue weighted by atomic mass is 9.92. The Hall–Kier alpha value is -3.85. The van der Waals surface area contributed by atoms with Gasteiger partial charge in [0.15, 0.2) is 0 Å². The maximum atomic E-state index is 4.61. The molecule has 1 heterocycles. The van der Waals surface area contributed by atoms with Gasteiger partial charge in [-0.2, -0.15) is 0 Å². The molecule has 0 aliphatic heterocycles. The maximum absolute atomic E-state index is 4.61. The van der Waals surface area contributed by atoms with Gasteiger partial charge >= 0.3 is 0 Å². The van der Waals surface area contributed by atoms with Gasteiger partial charge in [0.25, 0.3) is 0 Å². The molecule has 0 saturated heterocycles. The second-order valence-corrected chi connectivity index (χ2v) is 9.78. The molecule has 5 rings (SSSR count). The number of anilines is 1. The van der Waals surface area contributed by atoms with E-state index in [1.807, 2.05) is 6.20 Å². The highest BCUT2D eigenvalue weighted by atomic mass is 14.9. The van der Waals surface area contributed by atoms with Crippen molar-refractivity contribution in [3.63, 3.8) is 0 Å². The van der Waals surface area contributed by atoms with Crippen LogP contribution in [-0.4, -0.2) is 4.98 Å². The summed E-state index contributed by atoms with van der Waals surface area (Å²) >= 11 is 0. The highest BCUT2D eigenvalue weighted by Gasteiger charge is 2.46. The highest BCUT2D eigenvalue weighted by molar-refractivity contribution is 5.84. The third kappa shape index (κ3) is 5.36. The van der Waals surface area contributed by atoms with E-state index in [2.05, 4.69) is 117 Å². The molecule has 3 N–H and O–H groups in total. The number of hydrogen-bond acceptors (Lipinski definition) is 3. The van der Waals surface area contributed by atoms with Crippen LogP contribution in [0, 0.1) is 13.8 Å². The minimum atomic E-state index is 0.0808. The van der Waals surface area contributed by atoms with Gasteiger partial charge in [0, 0.05) is 28.4 Å². The van der Waals surface area contributed by atoms with E-state index in [1.54, 1.807) is 0 Å². The molecule has 1 fully saturated rings. The number of aryl methyl sites for hydroxylation is 3. The van der Waals surface area contributed by atoms with Crippen molar-refractivity contribution in [1.82, 2.24) is 4.98 Å². The monoisotopic (exact) mass is 475 g/mol. The van der Waals surface area contributed by atoms with Gasteiger partial charge in [-0.05, 0) is 104 Å². The molecule has 3 aromatic carbocycles. The molecule has 0 spiro atoms. The van der Waals surface area contributed by atoms with Gasteiger partial charge in [0.2, 0.25) is 0 Å². The number of benzene rings is 3. The van der Waals surface area contributed by atoms with Gasteiger partial charge in [-0.25, -0.2) is 0 Å². The van der Waals surface area contributed by atoms with Gasteiger partial charge in [-0.3, -0.25) is 4.98 Å². The second kappa shape index (κ2) is 10.8. The third-order valence-corrected chi connectivity index (χ3v) is 7.25. The van der Waals surface area contributed by atoms with Crippen molar-refractivity contribution in [3.8, 4) is 0 Å². The van der Waals surface area contributed by atoms with E-state index in [0.29, 0.717) is 0 Å². The Morgan fingerprint density at radius 1 is 1.00 bits per heavy atom. The average molecular weight is 476 g/mol. The molecule has 4 aromatic rings. The fraction of sp³-hybridized carbons (Fsp3) is 0.242. The number of nitrogens with one attached hydrogen (secondary N) is 1. The Balaban J connectivity index is 0.000000967. The fourth-order valence-corrected chi connectivity index (χ4v) is 4.92. The molecule has 0 bridgehead atoms. The first-order chi connectivity index (χ1) is 17.4. The zero-order chi connectivity index (χ0) is 25.7. The topological polar surface area (TPSA) is 50.9 Å². The van der Waals surface area contributed by atoms with Crippen molar-refractivity contribution in [2.24, 2.45) is 5.73 Å². The number of rotatable bonds is 7. The molecule has 0 radical (unpaired) electrons. The smallest absolute Gasteiger partial charge is 0.0707 e. The third-order valence-electron chi connectivity index (χ3n) is 7.25. The van der Waals surface area contributed by atoms with Crippen molar-refractivity contribution in [3.05, 3.63) is 131 Å². The minimum Gasteiger partial charge on any atom is -0.405 e. The lowest BCUT2D eigenvalue weighted by Gasteiger charge is -2.21. The largest absolute Gasteiger partial charge is 0.405 e. The summed E-state index contributed by atoms with van der Waals surface area (Å²) in [5, 5.41) is 4.86. The Morgan fingerprint density at radius 3 is 2.28 bits per heavy atom. The predicted octanol–water partition coefficient (Wildman–Crippen LogP) is 7.75. The summed E-state index contributed by atoms with van der Waals surface area (Å²) in [6.45, 7) is 14.1. The summed E-state index contributed by atoms with van der Waals surface area (Å²) < 4.78 is 0. The van der Waals surface area contributed by atoms with Crippen molar-refractivity contribution in [2.45, 2.75) is 51.9 Å². The number of hydrogen-bond donors (Lipinski definition) is 2. The van der Waals surface area contributed by atoms with Crippen LogP contribution in [0.15, 0.2) is 98.0 Å². The number of pyridine rings is 1. The molecule has 0 amide bonds. The molecular formula is C33H37N3. The standard InChI is InChI=1S/C31H32N2.C2H5N/c1-5-25-20-29-26(14-17-32-30(29)18-22(25)3)19-24-8-12-28(13-9-24)33-23(4)31(15-16-31)27-10-6-21(2)7-11-27;1-2-3/h6-14,17-18,20,33H,4-5,15-16,19H2,1-3H3;2H,1,3H2. The average Bonchev–Trinajstić information content (AvgIpc) is 3.68. The Labute approximate surface area is 215 Å². The first kappa shape index (κ1) is 25.2. The number of nitrogens with zero attached hydrogens (tertiary/aromatic N) is 1. The number of aromatic nitrogens is 1. The summed E-state index contributed by atoms with van der Waals surface area (Å²) in [4.78, 5) is 4.61. The molecule has 36 heavy (non-hydrogen) atoms. The summed E-state index contributed by atoms with van der Waals surface area (Å²) in [5.41, 5.74) is 16.0. The molecular weight excluding hydrogens is 438 g/mol. The lowest BCUT2D eigenvalue weighted by Crippen LogP contribution is -2.16. The number of nitrogens with two attached hydrogens (primary N) is 1. The quantitative estimate of drug-likeness (QED) is 0.287. The van der Waals surface area contributed by atoms with Crippen LogP contribution >= 0.6 is 0 Å². The summed E-state index contributed by atoms with van der Waals surface area (Å²) in [6.07, 6.45) is 7.45. The zero-order valence-electron chi connectivity index (χ0n) is 21.8. The molecule has 184 valence electrons. The molecule has 3 nitrogen and oxygen atoms in total. The molecule has 3 heteroatoms. The van der Waals surface area contributed by atoms with Gasteiger partial charge < -0.3 is 11.1 Å². The number of fused-ring (bicyclic) bond motifs is 1. The second-order valence-electron chi connectivity index (χ2n) is 9.78. The van der Waals surface area contributed by atoms with Crippen LogP contribution in [0.3, 0.4) is 0 Å². The van der Waals surface area contributed by atoms with Crippen LogP contribution < -0.4 is 11.1 Å². The molecule has 1 aromatic heterocycles. The van der Waals surface area contributed by atoms with E-state index in [4.69, 9.17) is 0 Å². The predicted molar refractivity (Wildman–Crippen MR) is 154 cm³/mol. The fourth-order valence-electron chi connectivity index (χ4n) is 4.92. The molecule has 1 aliphatic carbocycles. The van der Waals surface area contributed by atoms with Crippen LogP contribution in [-0.2, 0) is 18.3 Å². The van der Waals surface area contributed by atoms with Gasteiger partial charge in [0.05, 0.1) is 5.52 Å². The van der Waals surface area contributed by atoms with E-state index >= 15 is 0 Å². The maximum Gasteiger partial charge on any atom is 0.0707 e. The normalized spacial score (nSPS) is 13.4. The first-order valence-electron chi connectivity index (χ1n) is 12.7. The van der Waals surface area contributed by atoms with Crippen molar-refractivity contribution in [1.29, 1.82) is 0 Å². The number of allylic oxidation sites excluding steroid dienone is 1.